The molecule has 0 radical (unpaired) electrons. The fourth-order valence-electron chi connectivity index (χ4n) is 2.12. The van der Waals surface area contributed by atoms with Crippen molar-refractivity contribution in [2.24, 2.45) is 0 Å². The van der Waals surface area contributed by atoms with Crippen molar-refractivity contribution in [3.8, 4) is 0 Å². The van der Waals surface area contributed by atoms with Crippen LogP contribution in [0.15, 0.2) is 48.5 Å². The van der Waals surface area contributed by atoms with Gasteiger partial charge in [0.05, 0.1) is 0 Å². The average Bonchev–Trinajstić information content (AvgIpc) is 2.40. The predicted octanol–water partition coefficient (Wildman–Crippen LogP) is 3.73. The Labute approximate surface area is 118 Å². The number of nitrogens with one attached hydrogen (secondary N) is 1. The summed E-state index contributed by atoms with van der Waals surface area (Å²) in [7, 11) is 0. The Morgan fingerprint density at radius 3 is 2.40 bits per heavy atom. The Bertz CT molecular complexity index is 594. The second kappa shape index (κ2) is 6.19. The lowest BCUT2D eigenvalue weighted by atomic mass is 10.0. The largest absolute Gasteiger partial charge is 0.372 e. The molecule has 1 unspecified atom stereocenters. The fourth-order valence-corrected chi connectivity index (χ4v) is 2.12. The lowest BCUT2D eigenvalue weighted by molar-refractivity contribution is -0.482. The third-order valence-corrected chi connectivity index (χ3v) is 3.17. The van der Waals surface area contributed by atoms with Crippen molar-refractivity contribution in [1.82, 2.24) is 0 Å². The molecule has 20 heavy (non-hydrogen) atoms. The van der Waals surface area contributed by atoms with Crippen LogP contribution in [0.5, 0.6) is 0 Å². The molecule has 0 heterocycles. The maximum absolute atomic E-state index is 10.9. The lowest BCUT2D eigenvalue weighted by Crippen LogP contribution is -2.20. The van der Waals surface area contributed by atoms with Gasteiger partial charge < -0.3 is 5.32 Å². The molecule has 0 aliphatic rings. The number of hydrogen-bond acceptors (Lipinski definition) is 3. The van der Waals surface area contributed by atoms with Crippen LogP contribution in [0.3, 0.4) is 0 Å². The number of rotatable bonds is 5. The van der Waals surface area contributed by atoms with Crippen LogP contribution in [0.4, 0.5) is 5.69 Å². The molecule has 2 aromatic carbocycles. The van der Waals surface area contributed by atoms with E-state index >= 15 is 0 Å². The zero-order valence-electron chi connectivity index (χ0n) is 11.7. The summed E-state index contributed by atoms with van der Waals surface area (Å²) in [5, 5.41) is 14.1. The molecule has 0 bridgehead atoms. The Balaban J connectivity index is 2.23. The van der Waals surface area contributed by atoms with E-state index in [4.69, 9.17) is 0 Å². The van der Waals surface area contributed by atoms with E-state index in [0.29, 0.717) is 0 Å². The van der Waals surface area contributed by atoms with Gasteiger partial charge in [0, 0.05) is 10.6 Å². The van der Waals surface area contributed by atoms with Gasteiger partial charge in [-0.15, -0.1) is 0 Å². The Kier molecular flexibility index (Phi) is 4.35. The third-order valence-electron chi connectivity index (χ3n) is 3.17. The van der Waals surface area contributed by atoms with Crippen LogP contribution in [-0.4, -0.2) is 11.5 Å². The van der Waals surface area contributed by atoms with E-state index in [1.54, 1.807) is 0 Å². The number of nitrogens with zero attached hydrogens (tertiary/aromatic N) is 1. The minimum absolute atomic E-state index is 0.142. The Morgan fingerprint density at radius 2 is 1.80 bits per heavy atom. The molecule has 4 nitrogen and oxygen atoms in total. The average molecular weight is 270 g/mol. The summed E-state index contributed by atoms with van der Waals surface area (Å²) >= 11 is 0. The van der Waals surface area contributed by atoms with E-state index in [-0.39, 0.29) is 17.5 Å². The molecule has 104 valence electrons. The van der Waals surface area contributed by atoms with Gasteiger partial charge in [-0.2, -0.15) is 0 Å². The maximum Gasteiger partial charge on any atom is 0.227 e. The van der Waals surface area contributed by atoms with Crippen molar-refractivity contribution >= 4 is 5.69 Å². The van der Waals surface area contributed by atoms with Gasteiger partial charge >= 0.3 is 0 Å². The monoisotopic (exact) mass is 270 g/mol. The second-order valence-corrected chi connectivity index (χ2v) is 4.99. The molecule has 0 saturated carbocycles. The maximum atomic E-state index is 10.9. The number of hydrogen-bond donors (Lipinski definition) is 1. The number of anilines is 1. The highest BCUT2D eigenvalue weighted by Gasteiger charge is 2.17. The van der Waals surface area contributed by atoms with Gasteiger partial charge in [0.25, 0.3) is 0 Å². The van der Waals surface area contributed by atoms with Crippen LogP contribution in [0.2, 0.25) is 0 Å². The lowest BCUT2D eigenvalue weighted by Gasteiger charge is -2.17. The highest BCUT2D eigenvalue weighted by Crippen LogP contribution is 2.21. The third kappa shape index (κ3) is 3.82. The van der Waals surface area contributed by atoms with Crippen LogP contribution in [-0.2, 0) is 0 Å². The van der Waals surface area contributed by atoms with Crippen molar-refractivity contribution in [3.05, 3.63) is 75.3 Å². The van der Waals surface area contributed by atoms with Gasteiger partial charge in [0.1, 0.15) is 6.04 Å². The zero-order valence-corrected chi connectivity index (χ0v) is 11.7. The van der Waals surface area contributed by atoms with Crippen molar-refractivity contribution in [2.75, 3.05) is 11.9 Å². The summed E-state index contributed by atoms with van der Waals surface area (Å²) in [6.07, 6.45) is 0. The van der Waals surface area contributed by atoms with Crippen LogP contribution in [0, 0.1) is 24.0 Å². The highest BCUT2D eigenvalue weighted by molar-refractivity contribution is 5.47. The quantitative estimate of drug-likeness (QED) is 0.665. The van der Waals surface area contributed by atoms with Crippen molar-refractivity contribution in [1.29, 1.82) is 0 Å². The first-order chi connectivity index (χ1) is 9.54. The molecule has 1 N–H and O–H groups in total. The van der Waals surface area contributed by atoms with Crippen LogP contribution < -0.4 is 5.32 Å². The number of nitro groups is 1. The summed E-state index contributed by atoms with van der Waals surface area (Å²) in [6, 6.07) is 15.3. The van der Waals surface area contributed by atoms with Gasteiger partial charge in [-0.05, 0) is 31.5 Å². The molecular weight excluding hydrogens is 252 g/mol. The molecule has 0 saturated heterocycles. The van der Waals surface area contributed by atoms with Crippen molar-refractivity contribution in [2.45, 2.75) is 19.9 Å². The Hall–Kier alpha value is -2.36. The molecule has 1 atom stereocenters. The molecular formula is C16H18N2O2. The van der Waals surface area contributed by atoms with E-state index in [2.05, 4.69) is 5.32 Å². The smallest absolute Gasteiger partial charge is 0.227 e. The molecule has 0 fully saturated rings. The fraction of sp³-hybridized carbons (Fsp3) is 0.250. The number of aryl methyl sites for hydroxylation is 2. The van der Waals surface area contributed by atoms with Crippen molar-refractivity contribution < 1.29 is 4.92 Å². The summed E-state index contributed by atoms with van der Waals surface area (Å²) in [4.78, 5) is 10.6. The minimum atomic E-state index is -0.326. The second-order valence-electron chi connectivity index (χ2n) is 4.99. The molecule has 0 aliphatic heterocycles. The SMILES string of the molecule is Cc1ccc(NC(C[N+](=O)[O-])c2cccc(C)c2)cc1. The van der Waals surface area contributed by atoms with Crippen LogP contribution in [0.25, 0.3) is 0 Å². The van der Waals surface area contributed by atoms with Gasteiger partial charge in [-0.1, -0.05) is 47.5 Å². The van der Waals surface area contributed by atoms with Gasteiger partial charge in [-0.3, -0.25) is 10.1 Å². The zero-order chi connectivity index (χ0) is 14.5. The summed E-state index contributed by atoms with van der Waals surface area (Å²) in [5.41, 5.74) is 4.09. The highest BCUT2D eigenvalue weighted by atomic mass is 16.6. The molecule has 0 amide bonds. The van der Waals surface area contributed by atoms with Crippen LogP contribution >= 0.6 is 0 Å². The first-order valence-electron chi connectivity index (χ1n) is 6.56. The molecule has 2 rings (SSSR count). The number of benzene rings is 2. The molecule has 0 spiro atoms. The normalized spacial score (nSPS) is 11.9. The van der Waals surface area contributed by atoms with E-state index in [9.17, 15) is 10.1 Å². The van der Waals surface area contributed by atoms with E-state index < -0.39 is 0 Å². The van der Waals surface area contributed by atoms with Gasteiger partial charge in [-0.25, -0.2) is 0 Å². The summed E-state index contributed by atoms with van der Waals surface area (Å²) in [6.45, 7) is 3.86. The predicted molar refractivity (Wildman–Crippen MR) is 80.6 cm³/mol. The Morgan fingerprint density at radius 1 is 1.10 bits per heavy atom. The van der Waals surface area contributed by atoms with Crippen LogP contribution in [0.1, 0.15) is 22.7 Å². The topological polar surface area (TPSA) is 55.2 Å². The van der Waals surface area contributed by atoms with E-state index in [1.807, 2.05) is 62.4 Å². The van der Waals surface area contributed by atoms with Crippen molar-refractivity contribution in [3.63, 3.8) is 0 Å². The van der Waals surface area contributed by atoms with E-state index in [0.717, 1.165) is 22.4 Å². The first-order valence-corrected chi connectivity index (χ1v) is 6.56. The standard InChI is InChI=1S/C16H18N2O2/c1-12-6-8-15(9-7-12)17-16(11-18(19)20)14-5-3-4-13(2)10-14/h3-10,16-17H,11H2,1-2H3. The summed E-state index contributed by atoms with van der Waals surface area (Å²) < 4.78 is 0. The molecule has 0 aromatic heterocycles. The minimum Gasteiger partial charge on any atom is -0.372 e. The van der Waals surface area contributed by atoms with E-state index in [1.165, 1.54) is 0 Å². The first kappa shape index (κ1) is 14.1. The molecule has 2 aromatic rings. The molecule has 0 aliphatic carbocycles. The van der Waals surface area contributed by atoms with Gasteiger partial charge in [0.2, 0.25) is 6.54 Å². The van der Waals surface area contributed by atoms with Gasteiger partial charge in [0.15, 0.2) is 0 Å². The molecule has 4 heteroatoms. The summed E-state index contributed by atoms with van der Waals surface area (Å²) in [5.74, 6) is 0.